The molecule has 2 heterocycles. The zero-order chi connectivity index (χ0) is 11.7. The van der Waals surface area contributed by atoms with Gasteiger partial charge in [-0.25, -0.2) is 0 Å². The van der Waals surface area contributed by atoms with Gasteiger partial charge in [0.15, 0.2) is 0 Å². The van der Waals surface area contributed by atoms with E-state index in [9.17, 15) is 0 Å². The third kappa shape index (κ3) is 3.01. The molecular formula is C14H26N2O. The van der Waals surface area contributed by atoms with Crippen LogP contribution in [-0.4, -0.2) is 48.8 Å². The molecule has 3 nitrogen and oxygen atoms in total. The van der Waals surface area contributed by atoms with Gasteiger partial charge in [0.1, 0.15) is 0 Å². The molecule has 3 fully saturated rings. The Morgan fingerprint density at radius 3 is 2.71 bits per heavy atom. The molecule has 98 valence electrons. The van der Waals surface area contributed by atoms with E-state index in [4.69, 9.17) is 4.74 Å². The first-order chi connectivity index (χ1) is 8.33. The van der Waals surface area contributed by atoms with Gasteiger partial charge in [0.05, 0.1) is 6.10 Å². The van der Waals surface area contributed by atoms with Crippen molar-refractivity contribution in [1.82, 2.24) is 10.2 Å². The van der Waals surface area contributed by atoms with Crippen molar-refractivity contribution in [3.63, 3.8) is 0 Å². The lowest BCUT2D eigenvalue weighted by molar-refractivity contribution is -0.0211. The van der Waals surface area contributed by atoms with E-state index in [1.165, 1.54) is 51.6 Å². The van der Waals surface area contributed by atoms with Gasteiger partial charge in [-0.2, -0.15) is 0 Å². The average Bonchev–Trinajstić information content (AvgIpc) is 3.03. The van der Waals surface area contributed by atoms with Crippen molar-refractivity contribution in [1.29, 1.82) is 0 Å². The molecule has 3 unspecified atom stereocenters. The summed E-state index contributed by atoms with van der Waals surface area (Å²) in [7, 11) is 0. The molecule has 1 aliphatic carbocycles. The largest absolute Gasteiger partial charge is 0.378 e. The van der Waals surface area contributed by atoms with E-state index < -0.39 is 0 Å². The van der Waals surface area contributed by atoms with E-state index in [0.717, 1.165) is 24.7 Å². The SMILES string of the molecule is CC1CC(N(CC2CCCN2)C2CC2)CCO1. The van der Waals surface area contributed by atoms with E-state index >= 15 is 0 Å². The summed E-state index contributed by atoms with van der Waals surface area (Å²) in [4.78, 5) is 2.81. The van der Waals surface area contributed by atoms with Crippen LogP contribution in [0.15, 0.2) is 0 Å². The van der Waals surface area contributed by atoms with E-state index in [-0.39, 0.29) is 0 Å². The number of hydrogen-bond acceptors (Lipinski definition) is 3. The Labute approximate surface area is 105 Å². The zero-order valence-electron chi connectivity index (χ0n) is 11.0. The van der Waals surface area contributed by atoms with Crippen LogP contribution in [0.25, 0.3) is 0 Å². The van der Waals surface area contributed by atoms with Crippen LogP contribution in [0.2, 0.25) is 0 Å². The minimum Gasteiger partial charge on any atom is -0.378 e. The number of hydrogen-bond donors (Lipinski definition) is 1. The van der Waals surface area contributed by atoms with Crippen LogP contribution in [-0.2, 0) is 4.74 Å². The highest BCUT2D eigenvalue weighted by atomic mass is 16.5. The molecule has 2 aliphatic heterocycles. The number of nitrogens with one attached hydrogen (secondary N) is 1. The topological polar surface area (TPSA) is 24.5 Å². The predicted octanol–water partition coefficient (Wildman–Crippen LogP) is 1.77. The highest BCUT2D eigenvalue weighted by molar-refractivity contribution is 4.93. The lowest BCUT2D eigenvalue weighted by atomic mass is 10.0. The van der Waals surface area contributed by atoms with Crippen molar-refractivity contribution in [3.8, 4) is 0 Å². The molecule has 0 aromatic heterocycles. The predicted molar refractivity (Wildman–Crippen MR) is 69.2 cm³/mol. The number of ether oxygens (including phenoxy) is 1. The van der Waals surface area contributed by atoms with Gasteiger partial charge < -0.3 is 10.1 Å². The summed E-state index contributed by atoms with van der Waals surface area (Å²) in [6.45, 7) is 5.70. The first kappa shape index (κ1) is 11.9. The summed E-state index contributed by atoms with van der Waals surface area (Å²) < 4.78 is 5.69. The van der Waals surface area contributed by atoms with Crippen LogP contribution >= 0.6 is 0 Å². The van der Waals surface area contributed by atoms with Gasteiger partial charge in [0.2, 0.25) is 0 Å². The third-order valence-corrected chi connectivity index (χ3v) is 4.54. The molecule has 0 aromatic rings. The molecule has 3 aliphatic rings. The van der Waals surface area contributed by atoms with E-state index in [1.807, 2.05) is 0 Å². The van der Waals surface area contributed by atoms with E-state index in [1.54, 1.807) is 0 Å². The molecule has 0 amide bonds. The first-order valence-corrected chi connectivity index (χ1v) is 7.43. The van der Waals surface area contributed by atoms with Crippen LogP contribution in [0.4, 0.5) is 0 Å². The second kappa shape index (κ2) is 5.25. The monoisotopic (exact) mass is 238 g/mol. The van der Waals surface area contributed by atoms with Gasteiger partial charge in [-0.15, -0.1) is 0 Å². The Balaban J connectivity index is 1.58. The normalized spacial score (nSPS) is 38.8. The molecule has 3 rings (SSSR count). The summed E-state index contributed by atoms with van der Waals surface area (Å²) in [5, 5.41) is 3.65. The maximum atomic E-state index is 5.69. The quantitative estimate of drug-likeness (QED) is 0.808. The standard InChI is InChI=1S/C14H26N2O/c1-11-9-14(6-8-17-11)16(13-4-5-13)10-12-3-2-7-15-12/h11-15H,2-10H2,1H3. The number of rotatable bonds is 4. The van der Waals surface area contributed by atoms with Crippen LogP contribution in [0.5, 0.6) is 0 Å². The lowest BCUT2D eigenvalue weighted by Gasteiger charge is -2.38. The Hall–Kier alpha value is -0.120. The summed E-state index contributed by atoms with van der Waals surface area (Å²) in [5.74, 6) is 0. The minimum absolute atomic E-state index is 0.464. The van der Waals surface area contributed by atoms with Crippen molar-refractivity contribution < 1.29 is 4.74 Å². The zero-order valence-corrected chi connectivity index (χ0v) is 11.0. The maximum Gasteiger partial charge on any atom is 0.0561 e. The van der Waals surface area contributed by atoms with Crippen molar-refractivity contribution in [3.05, 3.63) is 0 Å². The van der Waals surface area contributed by atoms with Crippen LogP contribution in [0, 0.1) is 0 Å². The van der Waals surface area contributed by atoms with Crippen LogP contribution < -0.4 is 5.32 Å². The molecule has 1 saturated carbocycles. The van der Waals surface area contributed by atoms with Gasteiger partial charge in [0, 0.05) is 31.3 Å². The summed E-state index contributed by atoms with van der Waals surface area (Å²) in [5.41, 5.74) is 0. The van der Waals surface area contributed by atoms with Crippen molar-refractivity contribution in [2.24, 2.45) is 0 Å². The Bertz CT molecular complexity index is 249. The first-order valence-electron chi connectivity index (χ1n) is 7.43. The molecule has 2 saturated heterocycles. The Morgan fingerprint density at radius 2 is 2.06 bits per heavy atom. The van der Waals surface area contributed by atoms with Crippen molar-refractivity contribution >= 4 is 0 Å². The van der Waals surface area contributed by atoms with E-state index in [0.29, 0.717) is 6.10 Å². The fraction of sp³-hybridized carbons (Fsp3) is 1.00. The fourth-order valence-corrected chi connectivity index (χ4v) is 3.45. The summed E-state index contributed by atoms with van der Waals surface area (Å²) in [6.07, 6.45) is 8.55. The molecule has 1 N–H and O–H groups in total. The molecular weight excluding hydrogens is 212 g/mol. The molecule has 0 spiro atoms. The second-order valence-corrected chi connectivity index (χ2v) is 6.08. The fourth-order valence-electron chi connectivity index (χ4n) is 3.45. The smallest absolute Gasteiger partial charge is 0.0561 e. The third-order valence-electron chi connectivity index (χ3n) is 4.54. The van der Waals surface area contributed by atoms with Gasteiger partial charge >= 0.3 is 0 Å². The summed E-state index contributed by atoms with van der Waals surface area (Å²) >= 11 is 0. The molecule has 3 atom stereocenters. The lowest BCUT2D eigenvalue weighted by Crippen LogP contribution is -2.48. The minimum atomic E-state index is 0.464. The van der Waals surface area contributed by atoms with Crippen LogP contribution in [0.1, 0.15) is 45.4 Å². The van der Waals surface area contributed by atoms with Gasteiger partial charge in [-0.3, -0.25) is 4.90 Å². The molecule has 0 bridgehead atoms. The van der Waals surface area contributed by atoms with Gasteiger partial charge in [-0.1, -0.05) is 0 Å². The average molecular weight is 238 g/mol. The van der Waals surface area contributed by atoms with Crippen LogP contribution in [0.3, 0.4) is 0 Å². The highest BCUT2D eigenvalue weighted by Gasteiger charge is 2.37. The Kier molecular flexibility index (Phi) is 3.69. The van der Waals surface area contributed by atoms with Crippen molar-refractivity contribution in [2.45, 2.75) is 69.7 Å². The second-order valence-electron chi connectivity index (χ2n) is 6.08. The number of nitrogens with zero attached hydrogens (tertiary/aromatic N) is 1. The molecule has 0 aromatic carbocycles. The van der Waals surface area contributed by atoms with Crippen molar-refractivity contribution in [2.75, 3.05) is 19.7 Å². The van der Waals surface area contributed by atoms with Gasteiger partial charge in [0.25, 0.3) is 0 Å². The van der Waals surface area contributed by atoms with Gasteiger partial charge in [-0.05, 0) is 52.0 Å². The molecule has 3 heteroatoms. The van der Waals surface area contributed by atoms with E-state index in [2.05, 4.69) is 17.1 Å². The maximum absolute atomic E-state index is 5.69. The molecule has 0 radical (unpaired) electrons. The summed E-state index contributed by atoms with van der Waals surface area (Å²) in [6, 6.07) is 2.44. The Morgan fingerprint density at radius 1 is 1.18 bits per heavy atom. The molecule has 17 heavy (non-hydrogen) atoms. The highest BCUT2D eigenvalue weighted by Crippen LogP contribution is 2.33.